The summed E-state index contributed by atoms with van der Waals surface area (Å²) in [6, 6.07) is 41.7. The van der Waals surface area contributed by atoms with Crippen LogP contribution in [0.1, 0.15) is 123 Å². The number of alkyl halides is 4. The quantitative estimate of drug-likeness (QED) is 0.0249. The van der Waals surface area contributed by atoms with Gasteiger partial charge < -0.3 is 73.8 Å². The van der Waals surface area contributed by atoms with Crippen molar-refractivity contribution in [2.45, 2.75) is 118 Å². The van der Waals surface area contributed by atoms with Crippen LogP contribution in [-0.2, 0) is 42.9 Å². The van der Waals surface area contributed by atoms with Gasteiger partial charge in [0.2, 0.25) is 11.8 Å². The van der Waals surface area contributed by atoms with E-state index in [4.69, 9.17) is 38.5 Å². The zero-order valence-electron chi connectivity index (χ0n) is 66.5. The van der Waals surface area contributed by atoms with E-state index in [1.165, 1.54) is 25.3 Å². The Hall–Kier alpha value is -13.0. The van der Waals surface area contributed by atoms with Gasteiger partial charge in [0.25, 0.3) is 17.8 Å². The highest BCUT2D eigenvalue weighted by Gasteiger charge is 2.55. The van der Waals surface area contributed by atoms with E-state index in [2.05, 4.69) is 58.7 Å². The predicted molar refractivity (Wildman–Crippen MR) is 435 cm³/mol. The fourth-order valence-electron chi connectivity index (χ4n) is 17.9. The number of imidazole rings is 4. The summed E-state index contributed by atoms with van der Waals surface area (Å²) in [6.45, 7) is -0.0472. The summed E-state index contributed by atoms with van der Waals surface area (Å²) in [6.07, 6.45) is 5.18. The number of nitrogens with zero attached hydrogens (tertiary/aromatic N) is 9. The van der Waals surface area contributed by atoms with Gasteiger partial charge in [-0.25, -0.2) is 56.7 Å². The van der Waals surface area contributed by atoms with Crippen LogP contribution in [0.25, 0.3) is 88.8 Å². The number of likely N-dealkylation sites (tertiary alicyclic amines) is 4. The van der Waals surface area contributed by atoms with Crippen LogP contribution in [0, 0.1) is 11.8 Å². The van der Waals surface area contributed by atoms with Crippen LogP contribution < -0.4 is 10.6 Å². The molecule has 6 fully saturated rings. The van der Waals surface area contributed by atoms with E-state index in [-0.39, 0.29) is 62.1 Å². The summed E-state index contributed by atoms with van der Waals surface area (Å²) in [5.74, 6) is -8.05. The number of amides is 7. The topological polar surface area (TPSA) is 330 Å². The number of aromatic amines is 4. The molecule has 32 heteroatoms. The maximum absolute atomic E-state index is 16.1. The summed E-state index contributed by atoms with van der Waals surface area (Å²) in [5, 5.41) is 9.73. The van der Waals surface area contributed by atoms with E-state index in [0.717, 1.165) is 89.5 Å². The van der Waals surface area contributed by atoms with Crippen LogP contribution in [0.5, 0.6) is 0 Å². The zero-order valence-corrected chi connectivity index (χ0v) is 66.5. The van der Waals surface area contributed by atoms with Crippen molar-refractivity contribution in [1.29, 1.82) is 0 Å². The van der Waals surface area contributed by atoms with Gasteiger partial charge in [-0.2, -0.15) is 0 Å². The Morgan fingerprint density at radius 2 is 0.835 bits per heavy atom. The third-order valence-electron chi connectivity index (χ3n) is 24.2. The molecule has 7 atom stereocenters. The molecule has 7 unspecified atom stereocenters. The summed E-state index contributed by atoms with van der Waals surface area (Å²) < 4.78 is 88.7. The number of hydrogen-bond donors (Lipinski definition) is 6. The molecule has 6 aliphatic rings. The summed E-state index contributed by atoms with van der Waals surface area (Å²) >= 11 is 0. The largest absolute Gasteiger partial charge is 0.453 e. The second kappa shape index (κ2) is 34.0. The third-order valence-corrected chi connectivity index (χ3v) is 24.2. The van der Waals surface area contributed by atoms with Crippen LogP contribution in [0.3, 0.4) is 0 Å². The lowest BCUT2D eigenvalue weighted by Crippen LogP contribution is -2.56. The van der Waals surface area contributed by atoms with Crippen molar-refractivity contribution in [1.82, 2.24) is 75.2 Å². The van der Waals surface area contributed by atoms with Crippen molar-refractivity contribution in [2.75, 3.05) is 73.9 Å². The maximum Gasteiger partial charge on any atom is 0.443 e. The predicted octanol–water partition coefficient (Wildman–Crippen LogP) is 15.4. The lowest BCUT2D eigenvalue weighted by atomic mass is 9.90. The van der Waals surface area contributed by atoms with Crippen molar-refractivity contribution in [3.05, 3.63) is 205 Å². The number of carbonyl (C=O) groups excluding carboxylic acids is 7. The number of alkyl carbamates (subject to hydrolysis) is 2. The smallest absolute Gasteiger partial charge is 0.443 e. The minimum absolute atomic E-state index is 0.0933. The maximum atomic E-state index is 16.1. The van der Waals surface area contributed by atoms with E-state index >= 15 is 22.4 Å². The van der Waals surface area contributed by atoms with Crippen molar-refractivity contribution >= 4 is 63.6 Å². The fourth-order valence-corrected chi connectivity index (χ4v) is 17.9. The standard InChI is InChI=1S/C89H89F4N15O13/c1-116-84(112)102-74(55-9-5-4-6-10-55)81(109)104-33-7-11-70(104)77-94-47-68(100-77)64-27-25-60-39-58(21-23-62(60)41-64)52-15-19-54(20-16-52)67-46-97-80(99-67)73-44-89(92,93)50-107(73)83(111)76(57-31-37-120-38-32-57)108(87(115)118-3)121-86(114)105-34-8-12-71(105)78-95-48-69(101-78)65-28-26-61-40-59(22-24-63(61)42-65)51-13-17-53(18-14-51)66-45-96-79(98-66)72-43-88(90,91)49-106(72)82(110)75(103-85(113)117-2)56-29-35-119-36-30-56/h4-6,9-10,13-28,39-42,45-48,56-57,70-76H,7-8,11-12,29-38,43-44,49-50H2,1-3H3,(H,94,100)(H,95,101)(H,96,98)(H,97,99)(H,102,112)(H,103,113). The molecule has 17 rings (SSSR count). The number of carbonyl (C=O) groups is 7. The molecule has 6 aliphatic heterocycles. The molecule has 0 bridgehead atoms. The van der Waals surface area contributed by atoms with Crippen LogP contribution >= 0.6 is 0 Å². The molecule has 7 aromatic carbocycles. The zero-order chi connectivity index (χ0) is 83.8. The molecule has 0 radical (unpaired) electrons. The average Bonchev–Trinajstić information content (AvgIpc) is 1.64. The lowest BCUT2D eigenvalue weighted by molar-refractivity contribution is -0.169. The molecule has 0 saturated carbocycles. The first-order valence-electron chi connectivity index (χ1n) is 40.6. The Balaban J connectivity index is 0.540. The minimum atomic E-state index is -3.38. The first-order valence-corrected chi connectivity index (χ1v) is 40.6. The summed E-state index contributed by atoms with van der Waals surface area (Å²) in [5.41, 5.74) is 9.96. The molecule has 0 aliphatic carbocycles. The number of hydrogen-bond acceptors (Lipinski definition) is 17. The number of hydroxylamine groups is 2. The number of ether oxygens (including phenoxy) is 5. The summed E-state index contributed by atoms with van der Waals surface area (Å²) in [4.78, 5) is 140. The van der Waals surface area contributed by atoms with Crippen LogP contribution in [0.2, 0.25) is 0 Å². The number of H-pyrrole nitrogens is 4. The molecule has 626 valence electrons. The molecule has 10 heterocycles. The van der Waals surface area contributed by atoms with Crippen molar-refractivity contribution in [3.63, 3.8) is 0 Å². The number of methoxy groups -OCH3 is 3. The van der Waals surface area contributed by atoms with Gasteiger partial charge in [0.1, 0.15) is 35.4 Å². The first kappa shape index (κ1) is 80.4. The number of fused-ring (bicyclic) bond motifs is 2. The van der Waals surface area contributed by atoms with E-state index in [1.807, 2.05) is 121 Å². The number of aromatic nitrogens is 8. The molecule has 11 aromatic rings. The Morgan fingerprint density at radius 1 is 0.438 bits per heavy atom. The van der Waals surface area contributed by atoms with E-state index < -0.39 is 116 Å². The number of benzene rings is 7. The van der Waals surface area contributed by atoms with Gasteiger partial charge in [-0.15, -0.1) is 5.06 Å². The average molecular weight is 1650 g/mol. The van der Waals surface area contributed by atoms with Crippen LogP contribution in [0.15, 0.2) is 176 Å². The van der Waals surface area contributed by atoms with Gasteiger partial charge in [-0.3, -0.25) is 19.3 Å². The van der Waals surface area contributed by atoms with Crippen molar-refractivity contribution in [3.8, 4) is 67.3 Å². The van der Waals surface area contributed by atoms with E-state index in [9.17, 15) is 28.8 Å². The van der Waals surface area contributed by atoms with Gasteiger partial charge in [0, 0.05) is 63.5 Å². The molecule has 121 heavy (non-hydrogen) atoms. The highest BCUT2D eigenvalue weighted by molar-refractivity contribution is 5.94. The summed E-state index contributed by atoms with van der Waals surface area (Å²) in [7, 11) is 3.51. The second-order valence-corrected chi connectivity index (χ2v) is 31.7. The normalized spacial score (nSPS) is 20.0. The fraction of sp³-hybridized carbons (Fsp3) is 0.360. The van der Waals surface area contributed by atoms with Gasteiger partial charge in [-0.1, -0.05) is 127 Å². The third kappa shape index (κ3) is 16.8. The Kier molecular flexibility index (Phi) is 22.6. The molecule has 7 amide bonds. The SMILES string of the molecule is COC(=O)NC(C(=O)N1CCCC1c1ncc(-c2ccc3cc(-c4ccc(-c5cnc(C6CC(F)(F)CN6C(=O)C(C6CCOCC6)N(OC(=O)N6CCCC6c6ncc(-c7ccc8cc(-c9ccc(-c%10cnc(C%11CC(F)(F)CN%11C(=O)C(NC(=O)OC)C%11CCOCC%11)[nH]%10)cc9)ccc8c7)[nH]6)C(=O)OC)[nH]5)cc4)ccc3c2)[nH]1)c1ccccc1. The minimum Gasteiger partial charge on any atom is -0.453 e. The highest BCUT2D eigenvalue weighted by atomic mass is 19.3. The first-order chi connectivity index (χ1) is 58.6. The molecule has 6 saturated heterocycles. The number of nitrogens with one attached hydrogen (secondary N) is 6. The van der Waals surface area contributed by atoms with Gasteiger partial charge in [0.05, 0.1) is 106 Å². The lowest BCUT2D eigenvalue weighted by Gasteiger charge is -2.38. The highest BCUT2D eigenvalue weighted by Crippen LogP contribution is 2.46. The monoisotopic (exact) mass is 1650 g/mol. The molecule has 6 N–H and O–H groups in total. The van der Waals surface area contributed by atoms with Crippen molar-refractivity contribution in [2.24, 2.45) is 11.8 Å². The Morgan fingerprint density at radius 3 is 1.31 bits per heavy atom. The van der Waals surface area contributed by atoms with Gasteiger partial charge in [0.15, 0.2) is 6.04 Å². The van der Waals surface area contributed by atoms with Crippen LogP contribution in [0.4, 0.5) is 36.7 Å². The van der Waals surface area contributed by atoms with Gasteiger partial charge in [-0.05, 0) is 148 Å². The molecule has 0 spiro atoms. The molecular weight excluding hydrogens is 1560 g/mol. The number of halogens is 4. The molecule has 28 nitrogen and oxygen atoms in total. The Labute approximate surface area is 691 Å². The van der Waals surface area contributed by atoms with Crippen LogP contribution in [-0.4, -0.2) is 204 Å². The van der Waals surface area contributed by atoms with Gasteiger partial charge >= 0.3 is 24.4 Å². The number of rotatable bonds is 19. The molecular formula is C89H89F4N15O13. The van der Waals surface area contributed by atoms with E-state index in [0.29, 0.717) is 96.8 Å². The van der Waals surface area contributed by atoms with E-state index in [1.54, 1.807) is 35.6 Å². The Bertz CT molecular complexity index is 5670. The molecule has 4 aromatic heterocycles. The second-order valence-electron chi connectivity index (χ2n) is 31.7. The van der Waals surface area contributed by atoms with Crippen molar-refractivity contribution < 1.29 is 79.6 Å².